The highest BCUT2D eigenvalue weighted by Gasteiger charge is 2.10. The van der Waals surface area contributed by atoms with Crippen molar-refractivity contribution in [3.8, 4) is 11.4 Å². The Kier molecular flexibility index (Phi) is 3.39. The Hall–Kier alpha value is -2.34. The van der Waals surface area contributed by atoms with Gasteiger partial charge in [-0.25, -0.2) is 9.78 Å². The van der Waals surface area contributed by atoms with E-state index >= 15 is 0 Å². The standard InChI is InChI=1S/C15H11BrN2O3/c1-21-14-7-10(3-4-11(14)16)18-8-17-12-5-2-9(15(19)20)6-13(12)18/h2-8H,1H3,(H,19,20). The third-order valence-electron chi connectivity index (χ3n) is 3.21. The summed E-state index contributed by atoms with van der Waals surface area (Å²) in [6, 6.07) is 10.5. The maximum absolute atomic E-state index is 11.1. The molecule has 0 spiro atoms. The third-order valence-corrected chi connectivity index (χ3v) is 3.86. The van der Waals surface area contributed by atoms with E-state index in [1.54, 1.807) is 31.6 Å². The lowest BCUT2D eigenvalue weighted by atomic mass is 10.2. The molecule has 5 nitrogen and oxygen atoms in total. The maximum atomic E-state index is 11.1. The van der Waals surface area contributed by atoms with Crippen molar-refractivity contribution in [2.45, 2.75) is 0 Å². The Bertz CT molecular complexity index is 842. The van der Waals surface area contributed by atoms with Gasteiger partial charge in [-0.2, -0.15) is 0 Å². The molecule has 0 saturated carbocycles. The molecule has 0 fully saturated rings. The monoisotopic (exact) mass is 346 g/mol. The first-order chi connectivity index (χ1) is 10.1. The van der Waals surface area contributed by atoms with Crippen LogP contribution in [0, 0.1) is 0 Å². The van der Waals surface area contributed by atoms with E-state index in [1.165, 1.54) is 0 Å². The lowest BCUT2D eigenvalue weighted by Crippen LogP contribution is -1.98. The van der Waals surface area contributed by atoms with E-state index in [0.29, 0.717) is 5.75 Å². The molecule has 0 radical (unpaired) electrons. The van der Waals surface area contributed by atoms with Crippen LogP contribution < -0.4 is 4.74 Å². The number of aromatic carboxylic acids is 1. The molecule has 6 heteroatoms. The van der Waals surface area contributed by atoms with Crippen LogP contribution in [0.1, 0.15) is 10.4 Å². The van der Waals surface area contributed by atoms with E-state index in [0.717, 1.165) is 21.2 Å². The average Bonchev–Trinajstić information content (AvgIpc) is 2.90. The first kappa shape index (κ1) is 13.6. The summed E-state index contributed by atoms with van der Waals surface area (Å²) in [5.74, 6) is -0.262. The molecule has 1 heterocycles. The van der Waals surface area contributed by atoms with Crippen LogP contribution in [-0.2, 0) is 0 Å². The van der Waals surface area contributed by atoms with E-state index in [9.17, 15) is 4.79 Å². The second kappa shape index (κ2) is 5.21. The predicted octanol–water partition coefficient (Wildman–Crippen LogP) is 3.49. The summed E-state index contributed by atoms with van der Waals surface area (Å²) in [5, 5.41) is 9.11. The zero-order valence-electron chi connectivity index (χ0n) is 11.1. The molecule has 0 aliphatic carbocycles. The molecule has 0 amide bonds. The highest BCUT2D eigenvalue weighted by Crippen LogP contribution is 2.29. The number of nitrogens with zero attached hydrogens (tertiary/aromatic N) is 2. The number of aromatic nitrogens is 2. The Morgan fingerprint density at radius 2 is 2.10 bits per heavy atom. The summed E-state index contributed by atoms with van der Waals surface area (Å²) in [6.07, 6.45) is 1.67. The summed E-state index contributed by atoms with van der Waals surface area (Å²) in [6.45, 7) is 0. The van der Waals surface area contributed by atoms with Crippen LogP contribution in [-0.4, -0.2) is 27.7 Å². The number of imidazole rings is 1. The van der Waals surface area contributed by atoms with Crippen molar-refractivity contribution >= 4 is 32.9 Å². The quantitative estimate of drug-likeness (QED) is 0.788. The van der Waals surface area contributed by atoms with Gasteiger partial charge in [0, 0.05) is 6.07 Å². The summed E-state index contributed by atoms with van der Waals surface area (Å²) < 4.78 is 7.96. The van der Waals surface area contributed by atoms with Crippen molar-refractivity contribution in [2.75, 3.05) is 7.11 Å². The number of hydrogen-bond acceptors (Lipinski definition) is 3. The van der Waals surface area contributed by atoms with Crippen molar-refractivity contribution in [1.82, 2.24) is 9.55 Å². The molecule has 2 aromatic carbocycles. The molecule has 3 aromatic rings. The number of carboxylic acids is 1. The maximum Gasteiger partial charge on any atom is 0.335 e. The summed E-state index contributed by atoms with van der Waals surface area (Å²) in [5.41, 5.74) is 2.55. The summed E-state index contributed by atoms with van der Waals surface area (Å²) in [7, 11) is 1.60. The molecule has 3 rings (SSSR count). The topological polar surface area (TPSA) is 64.4 Å². The van der Waals surface area contributed by atoms with E-state index in [1.807, 2.05) is 22.8 Å². The van der Waals surface area contributed by atoms with Crippen LogP contribution in [0.5, 0.6) is 5.75 Å². The molecule has 0 aliphatic rings. The van der Waals surface area contributed by atoms with Crippen molar-refractivity contribution < 1.29 is 14.6 Å². The van der Waals surface area contributed by atoms with E-state index in [4.69, 9.17) is 9.84 Å². The van der Waals surface area contributed by atoms with Crippen LogP contribution in [0.15, 0.2) is 47.2 Å². The molecular formula is C15H11BrN2O3. The molecule has 0 bridgehead atoms. The first-order valence-electron chi connectivity index (χ1n) is 6.14. The largest absolute Gasteiger partial charge is 0.495 e. The minimum Gasteiger partial charge on any atom is -0.495 e. The van der Waals surface area contributed by atoms with Gasteiger partial charge in [-0.3, -0.25) is 4.57 Å². The lowest BCUT2D eigenvalue weighted by molar-refractivity contribution is 0.0697. The first-order valence-corrected chi connectivity index (χ1v) is 6.94. The minimum atomic E-state index is -0.960. The number of carbonyl (C=O) groups is 1. The third kappa shape index (κ3) is 2.38. The fourth-order valence-electron chi connectivity index (χ4n) is 2.14. The fraction of sp³-hybridized carbons (Fsp3) is 0.0667. The lowest BCUT2D eigenvalue weighted by Gasteiger charge is -2.08. The Morgan fingerprint density at radius 3 is 2.81 bits per heavy atom. The number of benzene rings is 2. The van der Waals surface area contributed by atoms with Gasteiger partial charge < -0.3 is 9.84 Å². The zero-order valence-corrected chi connectivity index (χ0v) is 12.7. The highest BCUT2D eigenvalue weighted by molar-refractivity contribution is 9.10. The fourth-order valence-corrected chi connectivity index (χ4v) is 2.55. The second-order valence-electron chi connectivity index (χ2n) is 4.44. The molecule has 106 valence electrons. The van der Waals surface area contributed by atoms with E-state index < -0.39 is 5.97 Å². The molecule has 1 N–H and O–H groups in total. The summed E-state index contributed by atoms with van der Waals surface area (Å²) in [4.78, 5) is 15.4. The minimum absolute atomic E-state index is 0.230. The average molecular weight is 347 g/mol. The molecule has 0 aliphatic heterocycles. The highest BCUT2D eigenvalue weighted by atomic mass is 79.9. The number of fused-ring (bicyclic) bond motifs is 1. The van der Waals surface area contributed by atoms with Gasteiger partial charge in [0.1, 0.15) is 12.1 Å². The molecule has 0 unspecified atom stereocenters. The Morgan fingerprint density at radius 1 is 1.29 bits per heavy atom. The zero-order chi connectivity index (χ0) is 15.0. The number of rotatable bonds is 3. The van der Waals surface area contributed by atoms with Gasteiger partial charge in [0.05, 0.1) is 33.9 Å². The van der Waals surface area contributed by atoms with Crippen molar-refractivity contribution in [3.63, 3.8) is 0 Å². The van der Waals surface area contributed by atoms with Crippen molar-refractivity contribution in [3.05, 3.63) is 52.8 Å². The molecule has 21 heavy (non-hydrogen) atoms. The van der Waals surface area contributed by atoms with Crippen LogP contribution in [0.3, 0.4) is 0 Å². The second-order valence-corrected chi connectivity index (χ2v) is 5.30. The van der Waals surface area contributed by atoms with Gasteiger partial charge in [-0.15, -0.1) is 0 Å². The smallest absolute Gasteiger partial charge is 0.335 e. The summed E-state index contributed by atoms with van der Waals surface area (Å²) >= 11 is 3.41. The predicted molar refractivity (Wildman–Crippen MR) is 82.3 cm³/mol. The van der Waals surface area contributed by atoms with Crippen molar-refractivity contribution in [2.24, 2.45) is 0 Å². The van der Waals surface area contributed by atoms with Gasteiger partial charge in [0.15, 0.2) is 0 Å². The normalized spacial score (nSPS) is 10.8. The van der Waals surface area contributed by atoms with Crippen molar-refractivity contribution in [1.29, 1.82) is 0 Å². The van der Waals surface area contributed by atoms with Gasteiger partial charge in [0.25, 0.3) is 0 Å². The van der Waals surface area contributed by atoms with E-state index in [2.05, 4.69) is 20.9 Å². The number of hydrogen-bond donors (Lipinski definition) is 1. The van der Waals surface area contributed by atoms with Crippen LogP contribution in [0.4, 0.5) is 0 Å². The molecule has 0 atom stereocenters. The Balaban J connectivity index is 2.20. The van der Waals surface area contributed by atoms with Gasteiger partial charge in [0.2, 0.25) is 0 Å². The molecule has 0 saturated heterocycles. The number of ether oxygens (including phenoxy) is 1. The molecular weight excluding hydrogens is 336 g/mol. The Labute approximate surface area is 128 Å². The van der Waals surface area contributed by atoms with E-state index in [-0.39, 0.29) is 5.56 Å². The number of methoxy groups -OCH3 is 1. The number of carboxylic acid groups (broad SMARTS) is 1. The van der Waals surface area contributed by atoms with Crippen LogP contribution in [0.25, 0.3) is 16.7 Å². The van der Waals surface area contributed by atoms with Gasteiger partial charge in [-0.1, -0.05) is 0 Å². The molecule has 1 aromatic heterocycles. The SMILES string of the molecule is COc1cc(-n2cnc3ccc(C(=O)O)cc32)ccc1Br. The van der Waals surface area contributed by atoms with Crippen LogP contribution in [0.2, 0.25) is 0 Å². The van der Waals surface area contributed by atoms with Gasteiger partial charge >= 0.3 is 5.97 Å². The number of halogens is 1. The van der Waals surface area contributed by atoms with Crippen LogP contribution >= 0.6 is 15.9 Å². The van der Waals surface area contributed by atoms with Gasteiger partial charge in [-0.05, 0) is 46.3 Å².